The summed E-state index contributed by atoms with van der Waals surface area (Å²) in [5.74, 6) is -0.814. The van der Waals surface area contributed by atoms with Crippen LogP contribution in [0.5, 0.6) is 0 Å². The Morgan fingerprint density at radius 3 is 2.43 bits per heavy atom. The fourth-order valence-corrected chi connectivity index (χ4v) is 3.31. The lowest BCUT2D eigenvalue weighted by Crippen LogP contribution is -2.19. The Morgan fingerprint density at radius 1 is 1.14 bits per heavy atom. The molecule has 0 saturated carbocycles. The highest BCUT2D eigenvalue weighted by Gasteiger charge is 2.21. The van der Waals surface area contributed by atoms with E-state index in [9.17, 15) is 21.2 Å². The molecule has 0 fully saturated rings. The van der Waals surface area contributed by atoms with Crippen molar-refractivity contribution >= 4 is 25.7 Å². The van der Waals surface area contributed by atoms with Gasteiger partial charge in [0.1, 0.15) is 15.6 Å². The van der Waals surface area contributed by atoms with E-state index >= 15 is 0 Å². The highest BCUT2D eigenvalue weighted by atomic mass is 32.2. The molecule has 1 aromatic carbocycles. The number of primary sulfonamides is 1. The fraction of sp³-hybridized carbons (Fsp3) is 0. The van der Waals surface area contributed by atoms with Gasteiger partial charge >= 0.3 is 0 Å². The predicted molar refractivity (Wildman–Crippen MR) is 72.8 cm³/mol. The van der Waals surface area contributed by atoms with Crippen LogP contribution in [0.15, 0.2) is 52.5 Å². The molecular weight excluding hydrogens is 321 g/mol. The number of aromatic nitrogens is 1. The number of hydrogen-bond donors (Lipinski definition) is 2. The van der Waals surface area contributed by atoms with Gasteiger partial charge in [-0.05, 0) is 30.3 Å². The van der Waals surface area contributed by atoms with Crippen LogP contribution < -0.4 is 9.86 Å². The van der Waals surface area contributed by atoms with Crippen molar-refractivity contribution in [3.05, 3.63) is 48.5 Å². The second-order valence-corrected chi connectivity index (χ2v) is 7.19. The first-order valence-electron chi connectivity index (χ1n) is 5.45. The molecule has 21 heavy (non-hydrogen) atoms. The Kier molecular flexibility index (Phi) is 3.94. The topological polar surface area (TPSA) is 119 Å². The molecule has 0 aliphatic rings. The van der Waals surface area contributed by atoms with Crippen LogP contribution in [0.1, 0.15) is 0 Å². The van der Waals surface area contributed by atoms with Crippen LogP contribution in [0.3, 0.4) is 0 Å². The average Bonchev–Trinajstić information content (AvgIpc) is 2.38. The SMILES string of the molecule is NS(=O)(=O)c1ccc(F)cc1NS(=O)(=O)c1cccnc1. The summed E-state index contributed by atoms with van der Waals surface area (Å²) in [6, 6.07) is 5.12. The van der Waals surface area contributed by atoms with Crippen LogP contribution in [0.2, 0.25) is 0 Å². The van der Waals surface area contributed by atoms with Gasteiger partial charge in [0.25, 0.3) is 10.0 Å². The zero-order chi connectivity index (χ0) is 15.7. The molecule has 0 radical (unpaired) electrons. The lowest BCUT2D eigenvalue weighted by Gasteiger charge is -2.11. The average molecular weight is 331 g/mol. The van der Waals surface area contributed by atoms with Crippen molar-refractivity contribution in [2.75, 3.05) is 4.72 Å². The summed E-state index contributed by atoms with van der Waals surface area (Å²) in [6.45, 7) is 0. The maximum atomic E-state index is 13.2. The minimum Gasteiger partial charge on any atom is -0.278 e. The smallest absolute Gasteiger partial charge is 0.263 e. The molecule has 0 amide bonds. The Hall–Kier alpha value is -2.04. The van der Waals surface area contributed by atoms with Crippen LogP contribution >= 0.6 is 0 Å². The second kappa shape index (κ2) is 5.39. The summed E-state index contributed by atoms with van der Waals surface area (Å²) in [4.78, 5) is 2.91. The summed E-state index contributed by atoms with van der Waals surface area (Å²) in [5.41, 5.74) is -0.471. The van der Waals surface area contributed by atoms with E-state index < -0.39 is 36.4 Å². The minimum absolute atomic E-state index is 0.199. The molecule has 2 rings (SSSR count). The highest BCUT2D eigenvalue weighted by molar-refractivity contribution is 7.93. The number of pyridine rings is 1. The largest absolute Gasteiger partial charge is 0.278 e. The Morgan fingerprint density at radius 2 is 1.86 bits per heavy atom. The second-order valence-electron chi connectivity index (χ2n) is 3.98. The number of nitrogens with zero attached hydrogens (tertiary/aromatic N) is 1. The predicted octanol–water partition coefficient (Wildman–Crippen LogP) is 0.669. The van der Waals surface area contributed by atoms with Gasteiger partial charge in [0.2, 0.25) is 10.0 Å². The van der Waals surface area contributed by atoms with Crippen LogP contribution in [-0.4, -0.2) is 21.8 Å². The molecule has 1 aromatic heterocycles. The number of anilines is 1. The van der Waals surface area contributed by atoms with E-state index in [1.807, 2.05) is 4.72 Å². The molecule has 0 spiro atoms. The molecule has 2 aromatic rings. The summed E-state index contributed by atoms with van der Waals surface area (Å²) in [5, 5.41) is 4.97. The number of halogens is 1. The van der Waals surface area contributed by atoms with Gasteiger partial charge in [-0.25, -0.2) is 26.4 Å². The standard InChI is InChI=1S/C11H10FN3O4S2/c12-8-3-4-11(20(13,16)17)10(6-8)15-21(18,19)9-2-1-5-14-7-9/h1-7,15H,(H2,13,16,17). The van der Waals surface area contributed by atoms with Gasteiger partial charge in [-0.2, -0.15) is 0 Å². The minimum atomic E-state index is -4.21. The van der Waals surface area contributed by atoms with Crippen molar-refractivity contribution < 1.29 is 21.2 Å². The van der Waals surface area contributed by atoms with Gasteiger partial charge < -0.3 is 0 Å². The molecule has 10 heteroatoms. The molecule has 112 valence electrons. The van der Waals surface area contributed by atoms with Crippen molar-refractivity contribution in [3.63, 3.8) is 0 Å². The number of nitrogens with one attached hydrogen (secondary N) is 1. The van der Waals surface area contributed by atoms with Gasteiger partial charge in [0.15, 0.2) is 0 Å². The Balaban J connectivity index is 2.52. The van der Waals surface area contributed by atoms with E-state index in [0.29, 0.717) is 0 Å². The van der Waals surface area contributed by atoms with Crippen LogP contribution in [0.25, 0.3) is 0 Å². The first kappa shape index (κ1) is 15.4. The third-order valence-electron chi connectivity index (χ3n) is 2.44. The van der Waals surface area contributed by atoms with Gasteiger partial charge in [-0.15, -0.1) is 0 Å². The lowest BCUT2D eigenvalue weighted by atomic mass is 10.3. The molecule has 7 nitrogen and oxygen atoms in total. The first-order chi connectivity index (χ1) is 9.70. The van der Waals surface area contributed by atoms with Crippen molar-refractivity contribution in [2.24, 2.45) is 5.14 Å². The Labute approximate surface area is 120 Å². The summed E-state index contributed by atoms with van der Waals surface area (Å²) >= 11 is 0. The van der Waals surface area contributed by atoms with Crippen molar-refractivity contribution in [1.29, 1.82) is 0 Å². The monoisotopic (exact) mass is 331 g/mol. The van der Waals surface area contributed by atoms with Crippen molar-refractivity contribution in [1.82, 2.24) is 4.98 Å². The summed E-state index contributed by atoms with van der Waals surface area (Å²) in [6.07, 6.45) is 2.44. The molecule has 0 aliphatic carbocycles. The molecule has 0 aliphatic heterocycles. The molecule has 0 saturated heterocycles. The highest BCUT2D eigenvalue weighted by Crippen LogP contribution is 2.24. The Bertz CT molecular complexity index is 868. The van der Waals surface area contributed by atoms with Crippen molar-refractivity contribution in [2.45, 2.75) is 9.79 Å². The van der Waals surface area contributed by atoms with E-state index in [1.165, 1.54) is 18.3 Å². The molecular formula is C11H10FN3O4S2. The number of nitrogens with two attached hydrogens (primary N) is 1. The zero-order valence-electron chi connectivity index (χ0n) is 10.4. The van der Waals surface area contributed by atoms with E-state index in [0.717, 1.165) is 24.4 Å². The quantitative estimate of drug-likeness (QED) is 0.853. The third kappa shape index (κ3) is 3.54. The molecule has 0 atom stereocenters. The lowest BCUT2D eigenvalue weighted by molar-refractivity contribution is 0.597. The maximum absolute atomic E-state index is 13.2. The van der Waals surface area contributed by atoms with Gasteiger partial charge in [0, 0.05) is 12.4 Å². The van der Waals surface area contributed by atoms with E-state index in [1.54, 1.807) is 0 Å². The normalized spacial score (nSPS) is 12.1. The number of rotatable bonds is 4. The van der Waals surface area contributed by atoms with Crippen LogP contribution in [-0.2, 0) is 20.0 Å². The molecule has 1 heterocycles. The maximum Gasteiger partial charge on any atom is 0.263 e. The van der Waals surface area contributed by atoms with Crippen LogP contribution in [0, 0.1) is 5.82 Å². The van der Waals surface area contributed by atoms with E-state index in [-0.39, 0.29) is 4.90 Å². The van der Waals surface area contributed by atoms with Gasteiger partial charge in [-0.3, -0.25) is 9.71 Å². The van der Waals surface area contributed by atoms with Gasteiger partial charge in [0.05, 0.1) is 5.69 Å². The first-order valence-corrected chi connectivity index (χ1v) is 8.48. The van der Waals surface area contributed by atoms with E-state index in [4.69, 9.17) is 5.14 Å². The summed E-state index contributed by atoms with van der Waals surface area (Å²) < 4.78 is 62.2. The molecule has 0 unspecified atom stereocenters. The summed E-state index contributed by atoms with van der Waals surface area (Å²) in [7, 11) is -8.33. The van der Waals surface area contributed by atoms with E-state index in [2.05, 4.69) is 4.98 Å². The number of benzene rings is 1. The van der Waals surface area contributed by atoms with Crippen molar-refractivity contribution in [3.8, 4) is 0 Å². The molecule has 0 bridgehead atoms. The fourth-order valence-electron chi connectivity index (χ4n) is 1.54. The third-order valence-corrected chi connectivity index (χ3v) is 4.76. The molecule has 3 N–H and O–H groups in total. The van der Waals surface area contributed by atoms with Crippen LogP contribution in [0.4, 0.5) is 10.1 Å². The number of hydrogen-bond acceptors (Lipinski definition) is 5. The zero-order valence-corrected chi connectivity index (χ0v) is 12.0. The number of sulfonamides is 2. The van der Waals surface area contributed by atoms with Gasteiger partial charge in [-0.1, -0.05) is 0 Å².